The topological polar surface area (TPSA) is 61.0 Å². The van der Waals surface area contributed by atoms with Crippen molar-refractivity contribution in [2.45, 2.75) is 38.6 Å². The second-order valence-corrected chi connectivity index (χ2v) is 6.00. The molecule has 1 aromatic heterocycles. The number of nitrogens with zero attached hydrogens (tertiary/aromatic N) is 2. The molecule has 0 saturated carbocycles. The number of rotatable bonds is 2. The molecule has 0 atom stereocenters. The van der Waals surface area contributed by atoms with Gasteiger partial charge in [0.05, 0.1) is 11.0 Å². The molecular formula is C16H22N4O. The molecule has 2 heterocycles. The van der Waals surface area contributed by atoms with E-state index in [1.807, 2.05) is 36.9 Å². The molecule has 0 unspecified atom stereocenters. The Morgan fingerprint density at radius 3 is 2.71 bits per heavy atom. The fraction of sp³-hybridized carbons (Fsp3) is 0.500. The molecule has 3 rings (SSSR count). The Morgan fingerprint density at radius 2 is 2.05 bits per heavy atom. The van der Waals surface area contributed by atoms with E-state index in [0.29, 0.717) is 5.92 Å². The van der Waals surface area contributed by atoms with Gasteiger partial charge in [0.2, 0.25) is 0 Å². The Kier molecular flexibility index (Phi) is 3.82. The van der Waals surface area contributed by atoms with E-state index in [-0.39, 0.29) is 12.1 Å². The molecule has 1 saturated heterocycles. The maximum Gasteiger partial charge on any atom is 0.317 e. The van der Waals surface area contributed by atoms with Crippen LogP contribution in [0.1, 0.15) is 38.4 Å². The number of carbonyl (C=O) groups is 1. The van der Waals surface area contributed by atoms with E-state index >= 15 is 0 Å². The number of aromatic amines is 1. The maximum atomic E-state index is 12.0. The number of nitrogens with one attached hydrogen (secondary N) is 2. The van der Waals surface area contributed by atoms with Crippen molar-refractivity contribution in [1.29, 1.82) is 0 Å². The van der Waals surface area contributed by atoms with E-state index in [2.05, 4.69) is 21.4 Å². The van der Waals surface area contributed by atoms with Gasteiger partial charge in [-0.3, -0.25) is 0 Å². The van der Waals surface area contributed by atoms with E-state index in [9.17, 15) is 4.79 Å². The lowest BCUT2D eigenvalue weighted by molar-refractivity contribution is 0.178. The smallest absolute Gasteiger partial charge is 0.317 e. The zero-order chi connectivity index (χ0) is 14.8. The number of carbonyl (C=O) groups excluding carboxylic acids is 1. The van der Waals surface area contributed by atoms with Crippen molar-refractivity contribution in [3.05, 3.63) is 30.1 Å². The number of hydrogen-bond donors (Lipinski definition) is 2. The van der Waals surface area contributed by atoms with Crippen molar-refractivity contribution < 1.29 is 4.79 Å². The van der Waals surface area contributed by atoms with Crippen molar-refractivity contribution in [1.82, 2.24) is 20.2 Å². The van der Waals surface area contributed by atoms with Gasteiger partial charge in [0.25, 0.3) is 0 Å². The third-order valence-corrected chi connectivity index (χ3v) is 3.99. The van der Waals surface area contributed by atoms with E-state index in [1.54, 1.807) is 0 Å². The van der Waals surface area contributed by atoms with Gasteiger partial charge in [-0.05, 0) is 38.8 Å². The van der Waals surface area contributed by atoms with Crippen molar-refractivity contribution in [2.75, 3.05) is 13.1 Å². The molecule has 0 aliphatic carbocycles. The van der Waals surface area contributed by atoms with Crippen LogP contribution in [0.15, 0.2) is 24.3 Å². The van der Waals surface area contributed by atoms with Gasteiger partial charge >= 0.3 is 6.03 Å². The third-order valence-electron chi connectivity index (χ3n) is 3.99. The fourth-order valence-electron chi connectivity index (χ4n) is 2.86. The molecule has 1 aromatic carbocycles. The van der Waals surface area contributed by atoms with E-state index < -0.39 is 0 Å². The number of aromatic nitrogens is 2. The van der Waals surface area contributed by atoms with Crippen LogP contribution in [0.2, 0.25) is 0 Å². The Balaban J connectivity index is 1.64. The van der Waals surface area contributed by atoms with Crippen molar-refractivity contribution in [3.63, 3.8) is 0 Å². The molecule has 5 heteroatoms. The Bertz CT molecular complexity index is 593. The normalized spacial score (nSPS) is 16.6. The monoisotopic (exact) mass is 286 g/mol. The fourth-order valence-corrected chi connectivity index (χ4v) is 2.86. The summed E-state index contributed by atoms with van der Waals surface area (Å²) in [5.41, 5.74) is 2.11. The van der Waals surface area contributed by atoms with Crippen LogP contribution < -0.4 is 5.32 Å². The second kappa shape index (κ2) is 5.76. The Labute approximate surface area is 124 Å². The highest BCUT2D eigenvalue weighted by molar-refractivity contribution is 5.75. The molecule has 2 aromatic rings. The van der Waals surface area contributed by atoms with Gasteiger partial charge in [-0.25, -0.2) is 9.78 Å². The van der Waals surface area contributed by atoms with Gasteiger partial charge in [0, 0.05) is 25.0 Å². The standard InChI is InChI=1S/C16H22N4O/c1-11(2)17-16(21)20-9-7-12(8-10-20)15-18-13-5-3-4-6-14(13)19-15/h3-6,11-12H,7-10H2,1-2H3,(H,17,21)(H,18,19). The minimum absolute atomic E-state index is 0.0491. The van der Waals surface area contributed by atoms with Gasteiger partial charge in [-0.15, -0.1) is 0 Å². The molecular weight excluding hydrogens is 264 g/mol. The van der Waals surface area contributed by atoms with Crippen molar-refractivity contribution in [3.8, 4) is 0 Å². The lowest BCUT2D eigenvalue weighted by Crippen LogP contribution is -2.46. The Hall–Kier alpha value is -2.04. The molecule has 1 aliphatic rings. The summed E-state index contributed by atoms with van der Waals surface area (Å²) in [6.07, 6.45) is 1.93. The average Bonchev–Trinajstić information content (AvgIpc) is 2.90. The summed E-state index contributed by atoms with van der Waals surface area (Å²) >= 11 is 0. The number of hydrogen-bond acceptors (Lipinski definition) is 2. The molecule has 1 aliphatic heterocycles. The molecule has 0 spiro atoms. The van der Waals surface area contributed by atoms with Crippen LogP contribution in [-0.4, -0.2) is 40.0 Å². The number of likely N-dealkylation sites (tertiary alicyclic amines) is 1. The van der Waals surface area contributed by atoms with Crippen LogP contribution in [0.25, 0.3) is 11.0 Å². The zero-order valence-corrected chi connectivity index (χ0v) is 12.6. The number of urea groups is 1. The van der Waals surface area contributed by atoms with E-state index in [0.717, 1.165) is 42.8 Å². The number of piperidine rings is 1. The maximum absolute atomic E-state index is 12.0. The van der Waals surface area contributed by atoms with Gasteiger partial charge in [0.15, 0.2) is 0 Å². The van der Waals surface area contributed by atoms with Gasteiger partial charge in [0.1, 0.15) is 5.82 Å². The number of imidazole rings is 1. The highest BCUT2D eigenvalue weighted by atomic mass is 16.2. The van der Waals surface area contributed by atoms with Crippen molar-refractivity contribution >= 4 is 17.1 Å². The number of para-hydroxylation sites is 2. The first-order valence-electron chi connectivity index (χ1n) is 7.63. The summed E-state index contributed by atoms with van der Waals surface area (Å²) in [6, 6.07) is 8.34. The summed E-state index contributed by atoms with van der Waals surface area (Å²) < 4.78 is 0. The van der Waals surface area contributed by atoms with E-state index in [1.165, 1.54) is 0 Å². The molecule has 0 bridgehead atoms. The first kappa shape index (κ1) is 13.9. The summed E-state index contributed by atoms with van der Waals surface area (Å²) in [5, 5.41) is 2.95. The summed E-state index contributed by atoms with van der Waals surface area (Å²) in [7, 11) is 0. The average molecular weight is 286 g/mol. The number of fused-ring (bicyclic) bond motifs is 1. The molecule has 0 radical (unpaired) electrons. The van der Waals surface area contributed by atoms with Crippen LogP contribution in [0.5, 0.6) is 0 Å². The molecule has 2 amide bonds. The van der Waals surface area contributed by atoms with Crippen LogP contribution in [0, 0.1) is 0 Å². The minimum Gasteiger partial charge on any atom is -0.342 e. The SMILES string of the molecule is CC(C)NC(=O)N1CCC(c2nc3ccccc3[nH]2)CC1. The highest BCUT2D eigenvalue weighted by Crippen LogP contribution is 2.27. The van der Waals surface area contributed by atoms with E-state index in [4.69, 9.17) is 0 Å². The number of amides is 2. The van der Waals surface area contributed by atoms with Gasteiger partial charge in [-0.1, -0.05) is 12.1 Å². The van der Waals surface area contributed by atoms with Crippen LogP contribution in [-0.2, 0) is 0 Å². The lowest BCUT2D eigenvalue weighted by atomic mass is 9.96. The number of H-pyrrole nitrogens is 1. The second-order valence-electron chi connectivity index (χ2n) is 6.00. The third kappa shape index (κ3) is 3.01. The highest BCUT2D eigenvalue weighted by Gasteiger charge is 2.25. The first-order valence-corrected chi connectivity index (χ1v) is 7.63. The predicted molar refractivity (Wildman–Crippen MR) is 83.3 cm³/mol. The summed E-state index contributed by atoms with van der Waals surface area (Å²) in [4.78, 5) is 22.0. The molecule has 2 N–H and O–H groups in total. The quantitative estimate of drug-likeness (QED) is 0.891. The van der Waals surface area contributed by atoms with Crippen LogP contribution in [0.4, 0.5) is 4.79 Å². The first-order chi connectivity index (χ1) is 10.1. The molecule has 5 nitrogen and oxygen atoms in total. The largest absolute Gasteiger partial charge is 0.342 e. The van der Waals surface area contributed by atoms with Gasteiger partial charge < -0.3 is 15.2 Å². The van der Waals surface area contributed by atoms with Gasteiger partial charge in [-0.2, -0.15) is 0 Å². The molecule has 112 valence electrons. The zero-order valence-electron chi connectivity index (χ0n) is 12.6. The van der Waals surface area contributed by atoms with Crippen LogP contribution >= 0.6 is 0 Å². The minimum atomic E-state index is 0.0491. The van der Waals surface area contributed by atoms with Crippen LogP contribution in [0.3, 0.4) is 0 Å². The predicted octanol–water partition coefficient (Wildman–Crippen LogP) is 2.86. The Morgan fingerprint density at radius 1 is 1.33 bits per heavy atom. The summed E-state index contributed by atoms with van der Waals surface area (Å²) in [6.45, 7) is 5.55. The summed E-state index contributed by atoms with van der Waals surface area (Å²) in [5.74, 6) is 1.47. The lowest BCUT2D eigenvalue weighted by Gasteiger charge is -2.31. The number of benzene rings is 1. The molecule has 1 fully saturated rings. The molecule has 21 heavy (non-hydrogen) atoms. The van der Waals surface area contributed by atoms with Crippen molar-refractivity contribution in [2.24, 2.45) is 0 Å².